The summed E-state index contributed by atoms with van der Waals surface area (Å²) in [7, 11) is -1.94. The Morgan fingerprint density at radius 3 is 2.42 bits per heavy atom. The van der Waals surface area contributed by atoms with E-state index in [-0.39, 0.29) is 5.91 Å². The zero-order chi connectivity index (χ0) is 21.9. The van der Waals surface area contributed by atoms with E-state index < -0.39 is 16.0 Å². The van der Waals surface area contributed by atoms with Gasteiger partial charge in [-0.25, -0.2) is 0 Å². The lowest BCUT2D eigenvalue weighted by Gasteiger charge is -2.47. The largest absolute Gasteiger partial charge is 0.593 e. The first-order valence-electron chi connectivity index (χ1n) is 10.5. The summed E-state index contributed by atoms with van der Waals surface area (Å²) in [5.74, 6) is 0.838. The van der Waals surface area contributed by atoms with E-state index >= 15 is 0 Å². The molecule has 0 aromatic heterocycles. The molecule has 166 valence electrons. The van der Waals surface area contributed by atoms with Gasteiger partial charge < -0.3 is 18.9 Å². The molecule has 1 unspecified atom stereocenters. The molecule has 0 aliphatic carbocycles. The molecule has 4 rings (SSSR count). The molecule has 2 aliphatic rings. The first-order valence-corrected chi connectivity index (χ1v) is 12.0. The van der Waals surface area contributed by atoms with Gasteiger partial charge in [0.05, 0.1) is 38.8 Å². The minimum absolute atomic E-state index is 0.0737. The van der Waals surface area contributed by atoms with Crippen LogP contribution in [0.3, 0.4) is 0 Å². The molecule has 2 aliphatic heterocycles. The molecule has 1 amide bonds. The second kappa shape index (κ2) is 9.08. The van der Waals surface area contributed by atoms with Gasteiger partial charge in [0.15, 0.2) is 15.3 Å². The second-order valence-electron chi connectivity index (χ2n) is 8.09. The van der Waals surface area contributed by atoms with Gasteiger partial charge in [0, 0.05) is 13.1 Å². The minimum Gasteiger partial charge on any atom is -0.593 e. The Balaban J connectivity index is 1.36. The second-order valence-corrected chi connectivity index (χ2v) is 10.0. The van der Waals surface area contributed by atoms with Crippen molar-refractivity contribution in [2.45, 2.75) is 29.8 Å². The van der Waals surface area contributed by atoms with Crippen LogP contribution in [0.5, 0.6) is 5.75 Å². The van der Waals surface area contributed by atoms with Crippen molar-refractivity contribution in [1.29, 1.82) is 0 Å². The maximum Gasteiger partial charge on any atom is 0.226 e. The first-order chi connectivity index (χ1) is 14.9. The van der Waals surface area contributed by atoms with E-state index in [1.807, 2.05) is 29.2 Å². The highest BCUT2D eigenvalue weighted by Crippen LogP contribution is 2.34. The monoisotopic (exact) mass is 444 g/mol. The van der Waals surface area contributed by atoms with Crippen LogP contribution in [0.1, 0.15) is 18.4 Å². The summed E-state index contributed by atoms with van der Waals surface area (Å²) in [6.07, 6.45) is 1.59. The van der Waals surface area contributed by atoms with Crippen molar-refractivity contribution in [3.63, 3.8) is 0 Å². The molecule has 31 heavy (non-hydrogen) atoms. The van der Waals surface area contributed by atoms with Crippen molar-refractivity contribution in [3.8, 4) is 5.75 Å². The van der Waals surface area contributed by atoms with Crippen molar-refractivity contribution in [3.05, 3.63) is 60.2 Å². The highest BCUT2D eigenvalue weighted by molar-refractivity contribution is 7.95. The molecular formula is C23H28N2O5S. The Morgan fingerprint density at radius 1 is 1.10 bits per heavy atom. The number of hydrogen-bond donors (Lipinski definition) is 0. The number of rotatable bonds is 5. The third-order valence-corrected chi connectivity index (χ3v) is 8.00. The van der Waals surface area contributed by atoms with E-state index in [2.05, 4.69) is 0 Å². The number of hydrogen-bond acceptors (Lipinski definition) is 5. The number of carbonyl (C=O) groups excluding carboxylic acids is 1. The Labute approximate surface area is 184 Å². The van der Waals surface area contributed by atoms with Gasteiger partial charge >= 0.3 is 0 Å². The maximum absolute atomic E-state index is 13.0. The lowest BCUT2D eigenvalue weighted by atomic mass is 9.89. The van der Waals surface area contributed by atoms with E-state index in [9.17, 15) is 13.6 Å². The summed E-state index contributed by atoms with van der Waals surface area (Å²) in [6.45, 7) is 2.16. The molecule has 2 aromatic carbocycles. The van der Waals surface area contributed by atoms with Crippen LogP contribution in [0.4, 0.5) is 0 Å². The third kappa shape index (κ3) is 4.82. The SMILES string of the molecule is COc1ccc(CC(=O)N2CCC3(CC2)CN([S+](=O)([O-])c2ccccc2)CCO3)cc1. The molecule has 2 aromatic rings. The topological polar surface area (TPSA) is 82.1 Å². The first kappa shape index (κ1) is 22.0. The molecule has 7 nitrogen and oxygen atoms in total. The van der Waals surface area contributed by atoms with Gasteiger partial charge in [-0.1, -0.05) is 34.5 Å². The Morgan fingerprint density at radius 2 is 1.77 bits per heavy atom. The Kier molecular flexibility index (Phi) is 6.43. The number of methoxy groups -OCH3 is 1. The molecule has 1 spiro atoms. The number of ether oxygens (including phenoxy) is 2. The number of piperidine rings is 1. The summed E-state index contributed by atoms with van der Waals surface area (Å²) in [5.41, 5.74) is 0.414. The van der Waals surface area contributed by atoms with E-state index in [1.54, 1.807) is 37.4 Å². The number of sulfonamides is 1. The van der Waals surface area contributed by atoms with Gasteiger partial charge in [0.25, 0.3) is 0 Å². The zero-order valence-electron chi connectivity index (χ0n) is 17.7. The van der Waals surface area contributed by atoms with Crippen molar-refractivity contribution in [1.82, 2.24) is 9.21 Å². The summed E-state index contributed by atoms with van der Waals surface area (Å²) in [5, 5.41) is 0. The van der Waals surface area contributed by atoms with E-state index in [0.717, 1.165) is 11.3 Å². The van der Waals surface area contributed by atoms with Crippen molar-refractivity contribution >= 4 is 16.3 Å². The molecule has 0 N–H and O–H groups in total. The van der Waals surface area contributed by atoms with Gasteiger partial charge in [0.2, 0.25) is 5.91 Å². The number of carbonyl (C=O) groups is 1. The molecule has 2 heterocycles. The Hall–Kier alpha value is -2.26. The summed E-state index contributed by atoms with van der Waals surface area (Å²) in [4.78, 5) is 14.9. The van der Waals surface area contributed by atoms with Crippen LogP contribution in [0, 0.1) is 0 Å². The standard InChI is InChI=1S/C23H28N2O5S/c1-29-20-9-7-19(8-10-20)17-22(26)24-13-11-23(12-14-24)18-25(15-16-30-23)31(27,28)21-5-3-2-4-6-21/h2-10H,11-18H2,1H3. The van der Waals surface area contributed by atoms with Crippen LogP contribution >= 0.6 is 0 Å². The minimum atomic E-state index is -3.55. The smallest absolute Gasteiger partial charge is 0.226 e. The molecule has 2 saturated heterocycles. The van der Waals surface area contributed by atoms with Gasteiger partial charge in [0.1, 0.15) is 5.75 Å². The molecule has 8 heteroatoms. The van der Waals surface area contributed by atoms with Crippen LogP contribution in [0.2, 0.25) is 0 Å². The van der Waals surface area contributed by atoms with E-state index in [4.69, 9.17) is 9.47 Å². The van der Waals surface area contributed by atoms with Crippen molar-refractivity contribution < 1.29 is 23.0 Å². The molecule has 0 radical (unpaired) electrons. The average Bonchev–Trinajstić information content (AvgIpc) is 2.80. The number of morpholine rings is 1. The number of nitrogens with zero attached hydrogens (tertiary/aromatic N) is 2. The average molecular weight is 445 g/mol. The highest BCUT2D eigenvalue weighted by atomic mass is 32.3. The lowest BCUT2D eigenvalue weighted by Crippen LogP contribution is -2.59. The van der Waals surface area contributed by atoms with Gasteiger partial charge in [-0.2, -0.15) is 0 Å². The maximum atomic E-state index is 13.0. The van der Waals surface area contributed by atoms with Crippen LogP contribution in [-0.4, -0.2) is 65.2 Å². The molecule has 2 fully saturated rings. The lowest BCUT2D eigenvalue weighted by molar-refractivity contribution is -0.144. The fourth-order valence-electron chi connectivity index (χ4n) is 4.25. The van der Waals surface area contributed by atoms with Gasteiger partial charge in [-0.15, -0.1) is 4.31 Å². The number of benzene rings is 2. The normalized spacial score (nSPS) is 20.9. The molecule has 0 saturated carbocycles. The predicted octanol–water partition coefficient (Wildman–Crippen LogP) is 2.54. The Bertz CT molecular complexity index is 942. The van der Waals surface area contributed by atoms with Crippen LogP contribution < -0.4 is 4.74 Å². The van der Waals surface area contributed by atoms with E-state index in [0.29, 0.717) is 56.9 Å². The fourth-order valence-corrected chi connectivity index (χ4v) is 5.77. The van der Waals surface area contributed by atoms with Gasteiger partial charge in [-0.05, 0) is 42.7 Å². The number of amides is 1. The quantitative estimate of drug-likeness (QED) is 0.662. The van der Waals surface area contributed by atoms with Crippen molar-refractivity contribution in [2.75, 3.05) is 39.9 Å². The summed E-state index contributed by atoms with van der Waals surface area (Å²) in [6, 6.07) is 16.0. The van der Waals surface area contributed by atoms with Crippen LogP contribution in [0.15, 0.2) is 59.5 Å². The number of likely N-dealkylation sites (tertiary alicyclic amines) is 1. The van der Waals surface area contributed by atoms with Crippen LogP contribution in [0.25, 0.3) is 0 Å². The zero-order valence-corrected chi connectivity index (χ0v) is 18.5. The summed E-state index contributed by atoms with van der Waals surface area (Å²) >= 11 is 0. The third-order valence-electron chi connectivity index (χ3n) is 6.14. The van der Waals surface area contributed by atoms with Crippen molar-refractivity contribution in [2.24, 2.45) is 0 Å². The van der Waals surface area contributed by atoms with E-state index in [1.165, 1.54) is 4.31 Å². The molecule has 0 bridgehead atoms. The predicted molar refractivity (Wildman–Crippen MR) is 116 cm³/mol. The highest BCUT2D eigenvalue weighted by Gasteiger charge is 2.46. The fraction of sp³-hybridized carbons (Fsp3) is 0.435. The molecule has 1 atom stereocenters. The van der Waals surface area contributed by atoms with Crippen LogP contribution in [-0.2, 0) is 30.6 Å². The van der Waals surface area contributed by atoms with Gasteiger partial charge in [-0.3, -0.25) is 4.79 Å². The summed E-state index contributed by atoms with van der Waals surface area (Å²) < 4.78 is 38.8. The molecular weight excluding hydrogens is 416 g/mol.